The Labute approximate surface area is 131 Å². The predicted octanol–water partition coefficient (Wildman–Crippen LogP) is 1.85. The highest BCUT2D eigenvalue weighted by Gasteiger charge is 2.21. The van der Waals surface area contributed by atoms with Crippen LogP contribution in [0, 0.1) is 10.1 Å². The molecule has 1 aromatic carbocycles. The third kappa shape index (κ3) is 2.62. The van der Waals surface area contributed by atoms with Crippen LogP contribution in [-0.4, -0.2) is 25.9 Å². The van der Waals surface area contributed by atoms with Gasteiger partial charge in [0.2, 0.25) is 0 Å². The number of amides is 1. The fraction of sp³-hybridized carbons (Fsp3) is 0. The number of H-pyrrole nitrogens is 1. The first kappa shape index (κ1) is 14.7. The van der Waals surface area contributed by atoms with Gasteiger partial charge >= 0.3 is 5.00 Å². The molecule has 0 unspecified atom stereocenters. The number of anilines is 1. The van der Waals surface area contributed by atoms with Crippen molar-refractivity contribution in [2.45, 2.75) is 0 Å². The number of nitrogens with zero attached hydrogens (tertiary/aromatic N) is 2. The minimum absolute atomic E-state index is 0.0475. The Bertz CT molecular complexity index is 993. The number of hydrogen-bond acceptors (Lipinski definition) is 7. The van der Waals surface area contributed by atoms with Crippen LogP contribution in [0.25, 0.3) is 10.9 Å². The van der Waals surface area contributed by atoms with E-state index in [2.05, 4.69) is 15.3 Å². The van der Waals surface area contributed by atoms with E-state index in [0.717, 1.165) is 6.20 Å². The van der Waals surface area contributed by atoms with Gasteiger partial charge in [0.1, 0.15) is 17.5 Å². The van der Waals surface area contributed by atoms with Crippen molar-refractivity contribution >= 4 is 38.3 Å². The largest absolute Gasteiger partial charge is 0.506 e. The van der Waals surface area contributed by atoms with Crippen molar-refractivity contribution in [3.05, 3.63) is 56.5 Å². The molecule has 3 N–H and O–H groups in total. The Balaban J connectivity index is 2.00. The molecule has 0 spiro atoms. The van der Waals surface area contributed by atoms with Crippen molar-refractivity contribution in [3.63, 3.8) is 0 Å². The summed E-state index contributed by atoms with van der Waals surface area (Å²) in [5, 5.41) is 23.0. The lowest BCUT2D eigenvalue weighted by Crippen LogP contribution is -2.23. The second-order valence-corrected chi connectivity index (χ2v) is 5.45. The first-order valence-corrected chi connectivity index (χ1v) is 7.04. The highest BCUT2D eigenvalue weighted by Crippen LogP contribution is 2.28. The fourth-order valence-electron chi connectivity index (χ4n) is 2.00. The summed E-state index contributed by atoms with van der Waals surface area (Å²) in [4.78, 5) is 40.3. The standard InChI is InChI=1S/C13H8N4O5S/c18-10-6-3-1-2-4-7(6)15-11(19)9(10)12(20)16-13-14-5-8(23-13)17(21)22/h1-5H,(H,14,16,20)(H2,15,18,19). The third-order valence-electron chi connectivity index (χ3n) is 3.02. The van der Waals surface area contributed by atoms with Gasteiger partial charge in [-0.1, -0.05) is 12.1 Å². The topological polar surface area (TPSA) is 138 Å². The number of para-hydroxylation sites is 1. The van der Waals surface area contributed by atoms with Gasteiger partial charge in [0.05, 0.1) is 10.4 Å². The molecule has 9 nitrogen and oxygen atoms in total. The van der Waals surface area contributed by atoms with Crippen molar-refractivity contribution in [3.8, 4) is 5.75 Å². The van der Waals surface area contributed by atoms with Crippen LogP contribution in [-0.2, 0) is 0 Å². The van der Waals surface area contributed by atoms with Gasteiger partial charge in [-0.25, -0.2) is 4.98 Å². The van der Waals surface area contributed by atoms with Gasteiger partial charge in [-0.2, -0.15) is 0 Å². The molecule has 0 radical (unpaired) electrons. The molecule has 0 atom stereocenters. The Hall–Kier alpha value is -3.27. The van der Waals surface area contributed by atoms with Gasteiger partial charge in [-0.3, -0.25) is 25.0 Å². The zero-order valence-corrected chi connectivity index (χ0v) is 12.1. The Morgan fingerprint density at radius 2 is 2.13 bits per heavy atom. The summed E-state index contributed by atoms with van der Waals surface area (Å²) in [5.41, 5.74) is -0.872. The molecule has 23 heavy (non-hydrogen) atoms. The van der Waals surface area contributed by atoms with E-state index in [1.165, 1.54) is 0 Å². The van der Waals surface area contributed by atoms with Gasteiger partial charge in [0.15, 0.2) is 5.13 Å². The van der Waals surface area contributed by atoms with Crippen LogP contribution in [0.5, 0.6) is 5.75 Å². The quantitative estimate of drug-likeness (QED) is 0.494. The summed E-state index contributed by atoms with van der Waals surface area (Å²) in [7, 11) is 0. The Kier molecular flexibility index (Phi) is 3.50. The van der Waals surface area contributed by atoms with Gasteiger partial charge < -0.3 is 10.1 Å². The highest BCUT2D eigenvalue weighted by molar-refractivity contribution is 7.18. The van der Waals surface area contributed by atoms with Crippen LogP contribution in [0.4, 0.5) is 10.1 Å². The minimum Gasteiger partial charge on any atom is -0.506 e. The number of nitrogens with one attached hydrogen (secondary N) is 2. The summed E-state index contributed by atoms with van der Waals surface area (Å²) in [6.45, 7) is 0. The lowest BCUT2D eigenvalue weighted by molar-refractivity contribution is -0.380. The average Bonchev–Trinajstić information content (AvgIpc) is 2.96. The van der Waals surface area contributed by atoms with Crippen molar-refractivity contribution in [1.82, 2.24) is 9.97 Å². The predicted molar refractivity (Wildman–Crippen MR) is 83.0 cm³/mol. The number of hydrogen-bond donors (Lipinski definition) is 3. The molecular formula is C13H8N4O5S. The van der Waals surface area contributed by atoms with E-state index in [1.54, 1.807) is 24.3 Å². The molecule has 116 valence electrons. The van der Waals surface area contributed by atoms with E-state index in [4.69, 9.17) is 0 Å². The molecule has 0 fully saturated rings. The monoisotopic (exact) mass is 332 g/mol. The maximum atomic E-state index is 12.2. The van der Waals surface area contributed by atoms with Gasteiger partial charge in [-0.15, -0.1) is 0 Å². The summed E-state index contributed by atoms with van der Waals surface area (Å²) in [6.07, 6.45) is 0.991. The number of aromatic hydroxyl groups is 1. The molecule has 0 aliphatic rings. The number of fused-ring (bicyclic) bond motifs is 1. The molecule has 1 amide bonds. The molecule has 0 saturated carbocycles. The van der Waals surface area contributed by atoms with Crippen LogP contribution in [0.1, 0.15) is 10.4 Å². The normalized spacial score (nSPS) is 10.6. The number of thiazole rings is 1. The van der Waals surface area contributed by atoms with E-state index in [-0.39, 0.29) is 10.1 Å². The Morgan fingerprint density at radius 3 is 2.83 bits per heavy atom. The molecule has 0 aliphatic heterocycles. The van der Waals surface area contributed by atoms with Crippen LogP contribution in [0.3, 0.4) is 0 Å². The summed E-state index contributed by atoms with van der Waals surface area (Å²) < 4.78 is 0. The van der Waals surface area contributed by atoms with Gasteiger partial charge in [-0.05, 0) is 23.5 Å². The van der Waals surface area contributed by atoms with Gasteiger partial charge in [0.25, 0.3) is 11.5 Å². The number of rotatable bonds is 3. The minimum atomic E-state index is -0.904. The van der Waals surface area contributed by atoms with Crippen molar-refractivity contribution < 1.29 is 14.8 Å². The molecule has 2 heterocycles. The van der Waals surface area contributed by atoms with E-state index in [1.807, 2.05) is 0 Å². The summed E-state index contributed by atoms with van der Waals surface area (Å²) in [5.74, 6) is -1.37. The summed E-state index contributed by atoms with van der Waals surface area (Å²) in [6, 6.07) is 6.45. The number of pyridine rings is 1. The first-order valence-electron chi connectivity index (χ1n) is 6.23. The fourth-order valence-corrected chi connectivity index (χ4v) is 2.63. The first-order chi connectivity index (χ1) is 11.0. The lowest BCUT2D eigenvalue weighted by Gasteiger charge is -2.06. The molecule has 0 saturated heterocycles. The third-order valence-corrected chi connectivity index (χ3v) is 3.88. The highest BCUT2D eigenvalue weighted by atomic mass is 32.1. The molecule has 3 rings (SSSR count). The lowest BCUT2D eigenvalue weighted by atomic mass is 10.1. The zero-order chi connectivity index (χ0) is 16.6. The summed E-state index contributed by atoms with van der Waals surface area (Å²) >= 11 is 0.643. The number of carbonyl (C=O) groups excluding carboxylic acids is 1. The number of benzene rings is 1. The molecule has 0 bridgehead atoms. The van der Waals surface area contributed by atoms with E-state index in [9.17, 15) is 24.8 Å². The molecule has 3 aromatic rings. The average molecular weight is 332 g/mol. The molecule has 0 aliphatic carbocycles. The van der Waals surface area contributed by atoms with Crippen molar-refractivity contribution in [2.24, 2.45) is 0 Å². The van der Waals surface area contributed by atoms with Gasteiger partial charge in [0, 0.05) is 5.39 Å². The number of nitro groups is 1. The van der Waals surface area contributed by atoms with E-state index < -0.39 is 27.7 Å². The van der Waals surface area contributed by atoms with E-state index >= 15 is 0 Å². The smallest absolute Gasteiger partial charge is 0.345 e. The van der Waals surface area contributed by atoms with Crippen molar-refractivity contribution in [2.75, 3.05) is 5.32 Å². The zero-order valence-electron chi connectivity index (χ0n) is 11.3. The SMILES string of the molecule is O=C(Nc1ncc([N+](=O)[O-])s1)c1c(O)c2ccccc2[nH]c1=O. The van der Waals surface area contributed by atoms with Crippen molar-refractivity contribution in [1.29, 1.82) is 0 Å². The van der Waals surface area contributed by atoms with Crippen LogP contribution in [0.15, 0.2) is 35.3 Å². The maximum absolute atomic E-state index is 12.2. The second kappa shape index (κ2) is 5.50. The Morgan fingerprint density at radius 1 is 1.39 bits per heavy atom. The van der Waals surface area contributed by atoms with Crippen LogP contribution < -0.4 is 10.9 Å². The van der Waals surface area contributed by atoms with Crippen LogP contribution >= 0.6 is 11.3 Å². The maximum Gasteiger partial charge on any atom is 0.345 e. The number of aromatic nitrogens is 2. The number of carbonyl (C=O) groups is 1. The number of aromatic amines is 1. The molecule has 2 aromatic heterocycles. The van der Waals surface area contributed by atoms with Crippen LogP contribution in [0.2, 0.25) is 0 Å². The second-order valence-electron chi connectivity index (χ2n) is 4.44. The van der Waals surface area contributed by atoms with E-state index in [0.29, 0.717) is 22.2 Å². The molecular weight excluding hydrogens is 324 g/mol. The molecule has 10 heteroatoms.